The Morgan fingerprint density at radius 3 is 2.28 bits per heavy atom. The van der Waals surface area contributed by atoms with Gasteiger partial charge >= 0.3 is 0 Å². The van der Waals surface area contributed by atoms with E-state index in [-0.39, 0.29) is 11.8 Å². The molecule has 0 spiro atoms. The molecule has 0 N–H and O–H groups in total. The van der Waals surface area contributed by atoms with Crippen LogP contribution in [-0.2, 0) is 11.3 Å². The average molecular weight is 257 g/mol. The van der Waals surface area contributed by atoms with Gasteiger partial charge in [-0.05, 0) is 11.8 Å². The molecule has 0 atom stereocenters. The number of hydrogen-bond acceptors (Lipinski definition) is 3. The molecule has 18 heavy (non-hydrogen) atoms. The summed E-state index contributed by atoms with van der Waals surface area (Å²) in [5, 5.41) is 4.15. The first-order chi connectivity index (χ1) is 8.38. The summed E-state index contributed by atoms with van der Waals surface area (Å²) in [5.74, 6) is -0.0376. The van der Waals surface area contributed by atoms with E-state index in [1.165, 1.54) is 10.8 Å². The fraction of sp³-hybridized carbons (Fsp3) is 0.667. The summed E-state index contributed by atoms with van der Waals surface area (Å²) in [7, 11) is 0. The maximum absolute atomic E-state index is 12.5. The Balaban J connectivity index is 3.43. The number of isocyanates is 1. The van der Waals surface area contributed by atoms with Crippen molar-refractivity contribution in [1.82, 2.24) is 9.78 Å². The third-order valence-corrected chi connectivity index (χ3v) is 2.55. The lowest BCUT2D eigenvalue weighted by Gasteiger charge is -2.09. The summed E-state index contributed by atoms with van der Waals surface area (Å²) in [6.45, 7) is 6.98. The van der Waals surface area contributed by atoms with Gasteiger partial charge < -0.3 is 0 Å². The Morgan fingerprint density at radius 2 is 1.89 bits per heavy atom. The van der Waals surface area contributed by atoms with Crippen molar-refractivity contribution < 1.29 is 13.6 Å². The van der Waals surface area contributed by atoms with Gasteiger partial charge in [0.1, 0.15) is 12.2 Å². The van der Waals surface area contributed by atoms with Crippen LogP contribution in [0, 0.1) is 0 Å². The van der Waals surface area contributed by atoms with Gasteiger partial charge in [0.25, 0.3) is 6.43 Å². The molecule has 0 aliphatic heterocycles. The lowest BCUT2D eigenvalue weighted by atomic mass is 10.0. The van der Waals surface area contributed by atoms with Crippen LogP contribution in [0.2, 0.25) is 0 Å². The van der Waals surface area contributed by atoms with E-state index in [0.717, 1.165) is 0 Å². The second kappa shape index (κ2) is 5.87. The lowest BCUT2D eigenvalue weighted by molar-refractivity contribution is 0.120. The Kier molecular flexibility index (Phi) is 4.73. The number of aromatic nitrogens is 2. The van der Waals surface area contributed by atoms with Crippen molar-refractivity contribution >= 4 is 11.8 Å². The van der Waals surface area contributed by atoms with E-state index in [4.69, 9.17) is 0 Å². The smallest absolute Gasteiger partial charge is 0.257 e. The SMILES string of the molecule is CC(C)c1nn(CC(F)F)c(C(C)C)c1N=C=O. The highest BCUT2D eigenvalue weighted by Crippen LogP contribution is 2.34. The van der Waals surface area contributed by atoms with E-state index in [1.54, 1.807) is 0 Å². The van der Waals surface area contributed by atoms with Gasteiger partial charge in [-0.25, -0.2) is 13.6 Å². The van der Waals surface area contributed by atoms with E-state index >= 15 is 0 Å². The number of halogens is 2. The van der Waals surface area contributed by atoms with E-state index in [9.17, 15) is 13.6 Å². The fourth-order valence-corrected chi connectivity index (χ4v) is 1.88. The molecule has 0 aromatic carbocycles. The molecule has 1 heterocycles. The second-order valence-electron chi connectivity index (χ2n) is 4.70. The number of aliphatic imine (C=N–C) groups is 1. The van der Waals surface area contributed by atoms with Crippen molar-refractivity contribution in [3.8, 4) is 0 Å². The summed E-state index contributed by atoms with van der Waals surface area (Å²) in [4.78, 5) is 14.1. The molecule has 0 saturated carbocycles. The quantitative estimate of drug-likeness (QED) is 0.599. The van der Waals surface area contributed by atoms with Crippen LogP contribution in [0.5, 0.6) is 0 Å². The van der Waals surface area contributed by atoms with Gasteiger partial charge in [0, 0.05) is 0 Å². The molecule has 4 nitrogen and oxygen atoms in total. The fourth-order valence-electron chi connectivity index (χ4n) is 1.88. The minimum atomic E-state index is -2.49. The predicted octanol–water partition coefficient (Wildman–Crippen LogP) is 3.36. The van der Waals surface area contributed by atoms with Crippen molar-refractivity contribution in [2.24, 2.45) is 4.99 Å². The van der Waals surface area contributed by atoms with E-state index in [2.05, 4.69) is 10.1 Å². The molecule has 0 unspecified atom stereocenters. The molecular weight excluding hydrogens is 240 g/mol. The number of nitrogens with zero attached hydrogens (tertiary/aromatic N) is 3. The first-order valence-corrected chi connectivity index (χ1v) is 5.85. The maximum Gasteiger partial charge on any atom is 0.257 e. The highest BCUT2D eigenvalue weighted by molar-refractivity contribution is 5.57. The van der Waals surface area contributed by atoms with Gasteiger partial charge in [0.05, 0.1) is 11.4 Å². The molecule has 1 rings (SSSR count). The molecule has 1 aromatic heterocycles. The number of hydrogen-bond donors (Lipinski definition) is 0. The number of alkyl halides is 2. The van der Waals surface area contributed by atoms with Crippen LogP contribution in [0.1, 0.15) is 50.9 Å². The summed E-state index contributed by atoms with van der Waals surface area (Å²) in [5.41, 5.74) is 1.50. The van der Waals surface area contributed by atoms with Gasteiger partial charge in [0.15, 0.2) is 0 Å². The normalized spacial score (nSPS) is 11.4. The summed E-state index contributed by atoms with van der Waals surface area (Å²) >= 11 is 0. The largest absolute Gasteiger partial charge is 0.261 e. The van der Waals surface area contributed by atoms with Gasteiger partial charge in [-0.15, -0.1) is 0 Å². The zero-order valence-electron chi connectivity index (χ0n) is 10.9. The Hall–Kier alpha value is -1.55. The van der Waals surface area contributed by atoms with Crippen LogP contribution in [0.3, 0.4) is 0 Å². The van der Waals surface area contributed by atoms with E-state index in [0.29, 0.717) is 17.1 Å². The zero-order valence-corrected chi connectivity index (χ0v) is 10.9. The zero-order chi connectivity index (χ0) is 13.9. The number of rotatable bonds is 5. The third kappa shape index (κ3) is 3.01. The molecule has 100 valence electrons. The van der Waals surface area contributed by atoms with Gasteiger partial charge in [-0.2, -0.15) is 10.1 Å². The van der Waals surface area contributed by atoms with Crippen molar-refractivity contribution in [3.63, 3.8) is 0 Å². The Bertz CT molecular complexity index is 460. The highest BCUT2D eigenvalue weighted by atomic mass is 19.3. The molecule has 6 heteroatoms. The number of carbonyl (C=O) groups excluding carboxylic acids is 1. The van der Waals surface area contributed by atoms with Gasteiger partial charge in [0.2, 0.25) is 6.08 Å². The summed E-state index contributed by atoms with van der Waals surface area (Å²) < 4.78 is 26.3. The Morgan fingerprint density at radius 1 is 1.28 bits per heavy atom. The molecule has 0 saturated heterocycles. The van der Waals surface area contributed by atoms with Gasteiger partial charge in [-0.3, -0.25) is 4.68 Å². The van der Waals surface area contributed by atoms with Crippen molar-refractivity contribution in [2.45, 2.75) is 52.5 Å². The van der Waals surface area contributed by atoms with Crippen molar-refractivity contribution in [2.75, 3.05) is 0 Å². The van der Waals surface area contributed by atoms with E-state index < -0.39 is 13.0 Å². The van der Waals surface area contributed by atoms with Crippen LogP contribution in [0.25, 0.3) is 0 Å². The van der Waals surface area contributed by atoms with Crippen LogP contribution >= 0.6 is 0 Å². The minimum Gasteiger partial charge on any atom is -0.261 e. The van der Waals surface area contributed by atoms with E-state index in [1.807, 2.05) is 27.7 Å². The van der Waals surface area contributed by atoms with Crippen LogP contribution in [-0.4, -0.2) is 22.3 Å². The maximum atomic E-state index is 12.5. The molecule has 0 aliphatic carbocycles. The molecular formula is C12H17F2N3O. The summed E-state index contributed by atoms with van der Waals surface area (Å²) in [6.07, 6.45) is -1.01. The topological polar surface area (TPSA) is 47.2 Å². The van der Waals surface area contributed by atoms with Crippen molar-refractivity contribution in [3.05, 3.63) is 11.4 Å². The van der Waals surface area contributed by atoms with Gasteiger partial charge in [-0.1, -0.05) is 27.7 Å². The Labute approximate surface area is 105 Å². The monoisotopic (exact) mass is 257 g/mol. The predicted molar refractivity (Wildman–Crippen MR) is 64.2 cm³/mol. The molecule has 0 radical (unpaired) electrons. The molecule has 0 fully saturated rings. The molecule has 0 aliphatic rings. The molecule has 0 amide bonds. The van der Waals surface area contributed by atoms with Crippen molar-refractivity contribution in [1.29, 1.82) is 0 Å². The average Bonchev–Trinajstić information content (AvgIpc) is 2.56. The third-order valence-electron chi connectivity index (χ3n) is 2.55. The molecule has 0 bridgehead atoms. The molecule has 1 aromatic rings. The van der Waals surface area contributed by atoms with Crippen LogP contribution in [0.4, 0.5) is 14.5 Å². The minimum absolute atomic E-state index is 0.00789. The first kappa shape index (κ1) is 14.5. The highest BCUT2D eigenvalue weighted by Gasteiger charge is 2.23. The van der Waals surface area contributed by atoms with Crippen LogP contribution in [0.15, 0.2) is 4.99 Å². The second-order valence-corrected chi connectivity index (χ2v) is 4.70. The van der Waals surface area contributed by atoms with Crippen LogP contribution < -0.4 is 0 Å². The lowest BCUT2D eigenvalue weighted by Crippen LogP contribution is -2.12. The first-order valence-electron chi connectivity index (χ1n) is 5.85. The summed E-state index contributed by atoms with van der Waals surface area (Å²) in [6, 6.07) is 0. The standard InChI is InChI=1S/C12H17F2N3O/c1-7(2)10-11(15-6-18)12(8(3)4)17(16-10)5-9(13)14/h7-9H,5H2,1-4H3.